The van der Waals surface area contributed by atoms with E-state index in [4.69, 9.17) is 5.73 Å². The van der Waals surface area contributed by atoms with Gasteiger partial charge in [-0.1, -0.05) is 0 Å². The van der Waals surface area contributed by atoms with E-state index in [1.807, 2.05) is 0 Å². The van der Waals surface area contributed by atoms with Gasteiger partial charge < -0.3 is 5.73 Å². The number of nitrogens with two attached hydrogens (primary N) is 1. The maximum Gasteiger partial charge on any atom is 0.241 e. The van der Waals surface area contributed by atoms with Crippen LogP contribution in [0.25, 0.3) is 0 Å². The first kappa shape index (κ1) is 13.1. The second kappa shape index (κ2) is 4.92. The third-order valence-electron chi connectivity index (χ3n) is 1.73. The SMILES string of the molecule is Cc1sc(Br)cc1S(=O)(=O)NCC(C)N. The number of sulfonamides is 1. The van der Waals surface area contributed by atoms with E-state index in [0.29, 0.717) is 4.90 Å². The van der Waals surface area contributed by atoms with Crippen molar-refractivity contribution >= 4 is 37.3 Å². The summed E-state index contributed by atoms with van der Waals surface area (Å²) in [5, 5.41) is 0. The minimum absolute atomic E-state index is 0.192. The van der Waals surface area contributed by atoms with Gasteiger partial charge in [-0.05, 0) is 35.8 Å². The Morgan fingerprint density at radius 2 is 2.27 bits per heavy atom. The molecule has 1 aromatic rings. The zero-order valence-electron chi connectivity index (χ0n) is 8.45. The van der Waals surface area contributed by atoms with Crippen molar-refractivity contribution in [3.63, 3.8) is 0 Å². The number of rotatable bonds is 4. The minimum atomic E-state index is -3.41. The molecule has 0 bridgehead atoms. The van der Waals surface area contributed by atoms with Crippen LogP contribution in [0.3, 0.4) is 0 Å². The first-order valence-corrected chi connectivity index (χ1v) is 7.43. The third kappa shape index (κ3) is 3.53. The van der Waals surface area contributed by atoms with Gasteiger partial charge in [-0.2, -0.15) is 0 Å². The summed E-state index contributed by atoms with van der Waals surface area (Å²) in [5.74, 6) is 0. The summed E-state index contributed by atoms with van der Waals surface area (Å²) in [7, 11) is -3.41. The van der Waals surface area contributed by atoms with Gasteiger partial charge in [0.1, 0.15) is 0 Å². The molecule has 0 aromatic carbocycles. The Labute approximate surface area is 102 Å². The van der Waals surface area contributed by atoms with Gasteiger partial charge in [0.25, 0.3) is 0 Å². The molecule has 1 unspecified atom stereocenters. The van der Waals surface area contributed by atoms with Crippen LogP contribution in [0, 0.1) is 6.92 Å². The van der Waals surface area contributed by atoms with Crippen molar-refractivity contribution in [3.05, 3.63) is 14.7 Å². The van der Waals surface area contributed by atoms with Crippen LogP contribution >= 0.6 is 27.3 Å². The van der Waals surface area contributed by atoms with Crippen molar-refractivity contribution < 1.29 is 8.42 Å². The number of aryl methyl sites for hydroxylation is 1. The van der Waals surface area contributed by atoms with Crippen LogP contribution in [0.5, 0.6) is 0 Å². The van der Waals surface area contributed by atoms with Crippen molar-refractivity contribution in [2.45, 2.75) is 24.8 Å². The van der Waals surface area contributed by atoms with Crippen LogP contribution < -0.4 is 10.5 Å². The van der Waals surface area contributed by atoms with Gasteiger partial charge >= 0.3 is 0 Å². The van der Waals surface area contributed by atoms with Crippen LogP contribution in [0.15, 0.2) is 14.7 Å². The van der Waals surface area contributed by atoms with E-state index in [9.17, 15) is 8.42 Å². The standard InChI is InChI=1S/C8H13BrN2O2S2/c1-5(10)4-11-15(12,13)7-3-8(9)14-6(7)2/h3,5,11H,4,10H2,1-2H3. The molecule has 0 spiro atoms. The van der Waals surface area contributed by atoms with Crippen LogP contribution in [0.2, 0.25) is 0 Å². The van der Waals surface area contributed by atoms with Gasteiger partial charge in [-0.3, -0.25) is 0 Å². The van der Waals surface area contributed by atoms with Crippen molar-refractivity contribution in [1.82, 2.24) is 4.72 Å². The Bertz CT molecular complexity index is 439. The molecule has 15 heavy (non-hydrogen) atoms. The van der Waals surface area contributed by atoms with Gasteiger partial charge in [0.15, 0.2) is 0 Å². The van der Waals surface area contributed by atoms with Gasteiger partial charge in [0, 0.05) is 17.5 Å². The molecule has 1 aromatic heterocycles. The Kier molecular flexibility index (Phi) is 4.30. The quantitative estimate of drug-likeness (QED) is 0.883. The highest BCUT2D eigenvalue weighted by Gasteiger charge is 2.19. The molecule has 0 aliphatic rings. The summed E-state index contributed by atoms with van der Waals surface area (Å²) < 4.78 is 26.8. The molecule has 0 fully saturated rings. The lowest BCUT2D eigenvalue weighted by atomic mass is 10.4. The first-order chi connectivity index (χ1) is 6.83. The number of hydrogen-bond donors (Lipinski definition) is 2. The van der Waals surface area contributed by atoms with E-state index in [0.717, 1.165) is 8.66 Å². The topological polar surface area (TPSA) is 72.2 Å². The van der Waals surface area contributed by atoms with Crippen LogP contribution in [-0.2, 0) is 10.0 Å². The summed E-state index contributed by atoms with van der Waals surface area (Å²) in [5.41, 5.74) is 5.49. The third-order valence-corrected chi connectivity index (χ3v) is 4.96. The van der Waals surface area contributed by atoms with Gasteiger partial charge in [0.2, 0.25) is 10.0 Å². The lowest BCUT2D eigenvalue weighted by molar-refractivity contribution is 0.574. The molecule has 0 saturated carbocycles. The zero-order valence-corrected chi connectivity index (χ0v) is 11.7. The molecule has 1 rings (SSSR count). The Morgan fingerprint density at radius 1 is 1.67 bits per heavy atom. The van der Waals surface area contributed by atoms with Gasteiger partial charge in [-0.25, -0.2) is 13.1 Å². The fraction of sp³-hybridized carbons (Fsp3) is 0.500. The fourth-order valence-corrected chi connectivity index (χ4v) is 4.57. The molecule has 1 atom stereocenters. The Hall–Kier alpha value is 0.0500. The predicted octanol–water partition coefficient (Wildman–Crippen LogP) is 1.44. The molecule has 0 saturated heterocycles. The highest BCUT2D eigenvalue weighted by atomic mass is 79.9. The molecule has 0 aliphatic carbocycles. The molecule has 0 aliphatic heterocycles. The molecule has 0 radical (unpaired) electrons. The molecule has 0 amide bonds. The number of nitrogens with one attached hydrogen (secondary N) is 1. The molecule has 4 nitrogen and oxygen atoms in total. The van der Waals surface area contributed by atoms with Crippen molar-refractivity contribution in [2.24, 2.45) is 5.73 Å². The maximum absolute atomic E-state index is 11.8. The zero-order chi connectivity index (χ0) is 11.6. The van der Waals surface area contributed by atoms with Crippen LogP contribution in [0.1, 0.15) is 11.8 Å². The van der Waals surface area contributed by atoms with Crippen molar-refractivity contribution in [3.8, 4) is 0 Å². The molecular formula is C8H13BrN2O2S2. The highest BCUT2D eigenvalue weighted by molar-refractivity contribution is 9.11. The van der Waals surface area contributed by atoms with Gasteiger partial charge in [0.05, 0.1) is 8.68 Å². The average molecular weight is 313 g/mol. The van der Waals surface area contributed by atoms with Gasteiger partial charge in [-0.15, -0.1) is 11.3 Å². The predicted molar refractivity (Wildman–Crippen MR) is 65.6 cm³/mol. The smallest absolute Gasteiger partial charge is 0.241 e. The number of hydrogen-bond acceptors (Lipinski definition) is 4. The monoisotopic (exact) mass is 312 g/mol. The number of thiophene rings is 1. The molecule has 7 heteroatoms. The summed E-state index contributed by atoms with van der Waals surface area (Å²) >= 11 is 4.65. The average Bonchev–Trinajstić information content (AvgIpc) is 2.43. The normalized spacial score (nSPS) is 14.1. The minimum Gasteiger partial charge on any atom is -0.327 e. The van der Waals surface area contributed by atoms with Crippen LogP contribution in [0.4, 0.5) is 0 Å². The van der Waals surface area contributed by atoms with Crippen LogP contribution in [-0.4, -0.2) is 21.0 Å². The second-order valence-electron chi connectivity index (χ2n) is 3.30. The summed E-state index contributed by atoms with van der Waals surface area (Å²) in [6, 6.07) is 1.41. The molecule has 86 valence electrons. The van der Waals surface area contributed by atoms with Crippen molar-refractivity contribution in [2.75, 3.05) is 6.54 Å². The fourth-order valence-electron chi connectivity index (χ4n) is 1.02. The highest BCUT2D eigenvalue weighted by Crippen LogP contribution is 2.29. The largest absolute Gasteiger partial charge is 0.327 e. The molecule has 1 heterocycles. The summed E-state index contributed by atoms with van der Waals surface area (Å²) in [6.45, 7) is 3.77. The Morgan fingerprint density at radius 3 is 2.67 bits per heavy atom. The number of halogens is 1. The van der Waals surface area contributed by atoms with Crippen molar-refractivity contribution in [1.29, 1.82) is 0 Å². The van der Waals surface area contributed by atoms with E-state index >= 15 is 0 Å². The lowest BCUT2D eigenvalue weighted by Gasteiger charge is -2.08. The first-order valence-electron chi connectivity index (χ1n) is 4.34. The van der Waals surface area contributed by atoms with E-state index in [-0.39, 0.29) is 12.6 Å². The summed E-state index contributed by atoms with van der Waals surface area (Å²) in [4.78, 5) is 1.08. The Balaban J connectivity index is 2.91. The maximum atomic E-state index is 11.8. The molecule has 3 N–H and O–H groups in total. The summed E-state index contributed by atoms with van der Waals surface area (Å²) in [6.07, 6.45) is 0. The lowest BCUT2D eigenvalue weighted by Crippen LogP contribution is -2.35. The van der Waals surface area contributed by atoms with E-state index in [1.54, 1.807) is 19.9 Å². The van der Waals surface area contributed by atoms with E-state index in [1.165, 1.54) is 11.3 Å². The van der Waals surface area contributed by atoms with E-state index < -0.39 is 10.0 Å². The molecular weight excluding hydrogens is 300 g/mol. The van der Waals surface area contributed by atoms with E-state index in [2.05, 4.69) is 20.7 Å². The second-order valence-corrected chi connectivity index (χ2v) is 7.67.